The van der Waals surface area contributed by atoms with E-state index >= 15 is 0 Å². The Bertz CT molecular complexity index is 175. The van der Waals surface area contributed by atoms with Crippen LogP contribution in [-0.2, 0) is 4.79 Å². The van der Waals surface area contributed by atoms with Gasteiger partial charge in [-0.05, 0) is 37.5 Å². The maximum atomic E-state index is 10.3. The van der Waals surface area contributed by atoms with E-state index in [2.05, 4.69) is 12.2 Å². The molecule has 0 saturated carbocycles. The summed E-state index contributed by atoms with van der Waals surface area (Å²) < 4.78 is 0. The fourth-order valence-electron chi connectivity index (χ4n) is 1.92. The molecule has 0 radical (unpaired) electrons. The van der Waals surface area contributed by atoms with Gasteiger partial charge in [0.05, 0.1) is 0 Å². The standard InChI is InChI=1S/C11H18O2/c12-7-6-11(9-13)8-10-4-2-1-3-5-10/h1-2,7,10-11,13H,3-6,8-9H2. The van der Waals surface area contributed by atoms with Crippen LogP contribution >= 0.6 is 0 Å². The third kappa shape index (κ3) is 3.73. The summed E-state index contributed by atoms with van der Waals surface area (Å²) in [7, 11) is 0. The van der Waals surface area contributed by atoms with Gasteiger partial charge in [-0.2, -0.15) is 0 Å². The highest BCUT2D eigenvalue weighted by atomic mass is 16.3. The van der Waals surface area contributed by atoms with Gasteiger partial charge in [0.1, 0.15) is 6.29 Å². The Balaban J connectivity index is 2.27. The summed E-state index contributed by atoms with van der Waals surface area (Å²) in [6, 6.07) is 0. The van der Waals surface area contributed by atoms with E-state index in [1.807, 2.05) is 0 Å². The second-order valence-corrected chi connectivity index (χ2v) is 3.84. The van der Waals surface area contributed by atoms with E-state index in [0.29, 0.717) is 12.3 Å². The molecular formula is C11H18O2. The summed E-state index contributed by atoms with van der Waals surface area (Å²) in [4.78, 5) is 10.3. The predicted octanol–water partition coefficient (Wildman–Crippen LogP) is 1.93. The SMILES string of the molecule is O=CCC(CO)CC1CC=CCC1. The fraction of sp³-hybridized carbons (Fsp3) is 0.727. The van der Waals surface area contributed by atoms with Crippen molar-refractivity contribution in [2.24, 2.45) is 11.8 Å². The second kappa shape index (κ2) is 5.92. The van der Waals surface area contributed by atoms with Gasteiger partial charge in [0, 0.05) is 13.0 Å². The van der Waals surface area contributed by atoms with E-state index in [1.54, 1.807) is 0 Å². The molecule has 0 spiro atoms. The van der Waals surface area contributed by atoms with Crippen molar-refractivity contribution in [1.82, 2.24) is 0 Å². The van der Waals surface area contributed by atoms with Gasteiger partial charge in [0.2, 0.25) is 0 Å². The summed E-state index contributed by atoms with van der Waals surface area (Å²) in [5.41, 5.74) is 0. The molecule has 1 N–H and O–H groups in total. The summed E-state index contributed by atoms with van der Waals surface area (Å²) in [6.07, 6.45) is 10.3. The molecule has 0 heterocycles. The highest BCUT2D eigenvalue weighted by Crippen LogP contribution is 2.25. The molecule has 0 fully saturated rings. The Kier molecular flexibility index (Phi) is 4.76. The fourth-order valence-corrected chi connectivity index (χ4v) is 1.92. The van der Waals surface area contributed by atoms with Crippen LogP contribution < -0.4 is 0 Å². The molecule has 0 amide bonds. The number of rotatable bonds is 5. The number of carbonyl (C=O) groups excluding carboxylic acids is 1. The van der Waals surface area contributed by atoms with Crippen LogP contribution in [0.1, 0.15) is 32.1 Å². The highest BCUT2D eigenvalue weighted by molar-refractivity contribution is 5.49. The number of allylic oxidation sites excluding steroid dienone is 2. The number of aliphatic hydroxyl groups is 1. The molecule has 1 aliphatic rings. The van der Waals surface area contributed by atoms with Gasteiger partial charge >= 0.3 is 0 Å². The van der Waals surface area contributed by atoms with Crippen LogP contribution in [0.2, 0.25) is 0 Å². The Labute approximate surface area is 79.6 Å². The topological polar surface area (TPSA) is 37.3 Å². The maximum absolute atomic E-state index is 10.3. The highest BCUT2D eigenvalue weighted by Gasteiger charge is 2.15. The van der Waals surface area contributed by atoms with E-state index < -0.39 is 0 Å². The summed E-state index contributed by atoms with van der Waals surface area (Å²) >= 11 is 0. The van der Waals surface area contributed by atoms with Crippen LogP contribution in [0, 0.1) is 11.8 Å². The van der Waals surface area contributed by atoms with Crippen molar-refractivity contribution < 1.29 is 9.90 Å². The largest absolute Gasteiger partial charge is 0.396 e. The van der Waals surface area contributed by atoms with E-state index in [-0.39, 0.29) is 12.5 Å². The second-order valence-electron chi connectivity index (χ2n) is 3.84. The molecule has 2 heteroatoms. The van der Waals surface area contributed by atoms with Crippen LogP contribution in [0.3, 0.4) is 0 Å². The van der Waals surface area contributed by atoms with Crippen molar-refractivity contribution in [2.75, 3.05) is 6.61 Å². The van der Waals surface area contributed by atoms with Crippen LogP contribution in [0.15, 0.2) is 12.2 Å². The van der Waals surface area contributed by atoms with Crippen molar-refractivity contribution >= 4 is 6.29 Å². The molecule has 2 nitrogen and oxygen atoms in total. The average molecular weight is 182 g/mol. The van der Waals surface area contributed by atoms with Crippen molar-refractivity contribution in [2.45, 2.75) is 32.1 Å². The van der Waals surface area contributed by atoms with Crippen LogP contribution in [-0.4, -0.2) is 18.0 Å². The van der Waals surface area contributed by atoms with Gasteiger partial charge in [-0.1, -0.05) is 12.2 Å². The lowest BCUT2D eigenvalue weighted by molar-refractivity contribution is -0.109. The van der Waals surface area contributed by atoms with Crippen LogP contribution in [0.5, 0.6) is 0 Å². The number of aliphatic hydroxyl groups excluding tert-OH is 1. The summed E-state index contributed by atoms with van der Waals surface area (Å²) in [6.45, 7) is 0.152. The molecule has 74 valence electrons. The molecule has 0 aromatic carbocycles. The zero-order valence-electron chi connectivity index (χ0n) is 7.98. The molecule has 0 aromatic rings. The molecule has 0 aliphatic heterocycles. The van der Waals surface area contributed by atoms with Gasteiger partial charge < -0.3 is 9.90 Å². The normalized spacial score (nSPS) is 24.2. The molecule has 0 aromatic heterocycles. The quantitative estimate of drug-likeness (QED) is 0.521. The lowest BCUT2D eigenvalue weighted by Crippen LogP contribution is -2.14. The van der Waals surface area contributed by atoms with Gasteiger partial charge in [0.25, 0.3) is 0 Å². The first-order chi connectivity index (χ1) is 6.36. The first-order valence-corrected chi connectivity index (χ1v) is 5.06. The Morgan fingerprint density at radius 1 is 1.54 bits per heavy atom. The van der Waals surface area contributed by atoms with Crippen molar-refractivity contribution in [1.29, 1.82) is 0 Å². The Morgan fingerprint density at radius 2 is 2.38 bits per heavy atom. The molecule has 2 unspecified atom stereocenters. The van der Waals surface area contributed by atoms with Gasteiger partial charge in [-0.15, -0.1) is 0 Å². The molecule has 2 atom stereocenters. The van der Waals surface area contributed by atoms with Crippen LogP contribution in [0.25, 0.3) is 0 Å². The first-order valence-electron chi connectivity index (χ1n) is 5.06. The summed E-state index contributed by atoms with van der Waals surface area (Å²) in [5, 5.41) is 9.01. The minimum Gasteiger partial charge on any atom is -0.396 e. The van der Waals surface area contributed by atoms with E-state index in [4.69, 9.17) is 5.11 Å². The zero-order valence-corrected chi connectivity index (χ0v) is 7.98. The smallest absolute Gasteiger partial charge is 0.120 e. The Morgan fingerprint density at radius 3 is 2.92 bits per heavy atom. The number of hydrogen-bond acceptors (Lipinski definition) is 2. The van der Waals surface area contributed by atoms with Gasteiger partial charge in [0.15, 0.2) is 0 Å². The van der Waals surface area contributed by atoms with Crippen LogP contribution in [0.4, 0.5) is 0 Å². The van der Waals surface area contributed by atoms with Gasteiger partial charge in [-0.3, -0.25) is 0 Å². The van der Waals surface area contributed by atoms with Crippen molar-refractivity contribution in [3.8, 4) is 0 Å². The minimum absolute atomic E-state index is 0.152. The van der Waals surface area contributed by atoms with Crippen molar-refractivity contribution in [3.63, 3.8) is 0 Å². The lowest BCUT2D eigenvalue weighted by Gasteiger charge is -2.21. The maximum Gasteiger partial charge on any atom is 0.120 e. The van der Waals surface area contributed by atoms with E-state index in [9.17, 15) is 4.79 Å². The van der Waals surface area contributed by atoms with Crippen molar-refractivity contribution in [3.05, 3.63) is 12.2 Å². The zero-order chi connectivity index (χ0) is 9.52. The average Bonchev–Trinajstić information content (AvgIpc) is 2.19. The number of aldehydes is 1. The molecule has 0 saturated heterocycles. The predicted molar refractivity (Wildman–Crippen MR) is 52.4 cm³/mol. The monoisotopic (exact) mass is 182 g/mol. The molecule has 13 heavy (non-hydrogen) atoms. The molecule has 0 bridgehead atoms. The third-order valence-electron chi connectivity index (χ3n) is 2.73. The molecule has 1 rings (SSSR count). The summed E-state index contributed by atoms with van der Waals surface area (Å²) in [5.74, 6) is 0.871. The molecule has 1 aliphatic carbocycles. The Hall–Kier alpha value is -0.630. The molecular weight excluding hydrogens is 164 g/mol. The van der Waals surface area contributed by atoms with Gasteiger partial charge in [-0.25, -0.2) is 0 Å². The number of carbonyl (C=O) groups is 1. The third-order valence-corrected chi connectivity index (χ3v) is 2.73. The van der Waals surface area contributed by atoms with E-state index in [1.165, 1.54) is 6.42 Å². The number of hydrogen-bond donors (Lipinski definition) is 1. The van der Waals surface area contributed by atoms with E-state index in [0.717, 1.165) is 25.5 Å². The lowest BCUT2D eigenvalue weighted by atomic mass is 9.85. The minimum atomic E-state index is 0.152. The first kappa shape index (κ1) is 10.5.